The van der Waals surface area contributed by atoms with Crippen molar-refractivity contribution in [2.24, 2.45) is 0 Å². The van der Waals surface area contributed by atoms with Crippen LogP contribution in [-0.2, 0) is 14.2 Å². The molecule has 0 radical (unpaired) electrons. The SMILES string of the molecule is [NH3+]CCCCCC(=O)c1ccc2c(c1)OCCOCCOCCOCCO2. The number of carbonyl (C=O) groups is 1. The fourth-order valence-electron chi connectivity index (χ4n) is 2.66. The van der Waals surface area contributed by atoms with Crippen LogP contribution in [0.5, 0.6) is 11.5 Å². The second-order valence-corrected chi connectivity index (χ2v) is 6.28. The maximum atomic E-state index is 12.4. The molecule has 152 valence electrons. The number of hydrogen-bond acceptors (Lipinski definition) is 6. The van der Waals surface area contributed by atoms with Crippen molar-refractivity contribution in [2.75, 3.05) is 59.4 Å². The summed E-state index contributed by atoms with van der Waals surface area (Å²) in [5.74, 6) is 1.30. The highest BCUT2D eigenvalue weighted by atomic mass is 16.6. The molecule has 1 heterocycles. The summed E-state index contributed by atoms with van der Waals surface area (Å²) in [6.07, 6.45) is 3.51. The monoisotopic (exact) mass is 382 g/mol. The second-order valence-electron chi connectivity index (χ2n) is 6.28. The van der Waals surface area contributed by atoms with Gasteiger partial charge < -0.3 is 29.4 Å². The van der Waals surface area contributed by atoms with Crippen LogP contribution in [0.25, 0.3) is 0 Å². The molecule has 1 aliphatic rings. The molecule has 7 nitrogen and oxygen atoms in total. The summed E-state index contributed by atoms with van der Waals surface area (Å²) in [5, 5.41) is 0. The summed E-state index contributed by atoms with van der Waals surface area (Å²) in [7, 11) is 0. The molecule has 0 fully saturated rings. The van der Waals surface area contributed by atoms with Crippen LogP contribution < -0.4 is 15.2 Å². The van der Waals surface area contributed by atoms with E-state index in [9.17, 15) is 4.79 Å². The lowest BCUT2D eigenvalue weighted by molar-refractivity contribution is -0.368. The van der Waals surface area contributed by atoms with Crippen molar-refractivity contribution in [1.82, 2.24) is 0 Å². The quantitative estimate of drug-likeness (QED) is 0.592. The molecule has 0 aliphatic carbocycles. The minimum atomic E-state index is 0.123. The number of benzene rings is 1. The van der Waals surface area contributed by atoms with Gasteiger partial charge in [0.2, 0.25) is 0 Å². The lowest BCUT2D eigenvalue weighted by Crippen LogP contribution is -2.50. The fraction of sp³-hybridized carbons (Fsp3) is 0.650. The molecule has 0 bridgehead atoms. The number of ketones is 1. The predicted molar refractivity (Wildman–Crippen MR) is 100 cm³/mol. The Morgan fingerprint density at radius 1 is 0.778 bits per heavy atom. The molecule has 0 saturated heterocycles. The Balaban J connectivity index is 1.97. The van der Waals surface area contributed by atoms with Crippen LogP contribution in [0.2, 0.25) is 0 Å². The normalized spacial score (nSPS) is 16.9. The highest BCUT2D eigenvalue weighted by molar-refractivity contribution is 5.96. The Bertz CT molecular complexity index is 551. The molecule has 0 spiro atoms. The van der Waals surface area contributed by atoms with Crippen LogP contribution in [-0.4, -0.2) is 65.2 Å². The average Bonchev–Trinajstić information content (AvgIpc) is 2.69. The number of ether oxygens (including phenoxy) is 5. The summed E-state index contributed by atoms with van der Waals surface area (Å²) < 4.78 is 27.9. The minimum Gasteiger partial charge on any atom is -0.487 e. The van der Waals surface area contributed by atoms with Crippen molar-refractivity contribution in [3.05, 3.63) is 23.8 Å². The molecule has 3 N–H and O–H groups in total. The topological polar surface area (TPSA) is 90.9 Å². The molecule has 27 heavy (non-hydrogen) atoms. The van der Waals surface area contributed by atoms with E-state index < -0.39 is 0 Å². The van der Waals surface area contributed by atoms with E-state index in [0.717, 1.165) is 25.8 Å². The maximum Gasteiger partial charge on any atom is 0.163 e. The Morgan fingerprint density at radius 2 is 1.37 bits per heavy atom. The molecule has 0 amide bonds. The van der Waals surface area contributed by atoms with Gasteiger partial charge in [0.1, 0.15) is 13.2 Å². The van der Waals surface area contributed by atoms with Gasteiger partial charge in [0.05, 0.1) is 46.2 Å². The lowest BCUT2D eigenvalue weighted by Gasteiger charge is -2.14. The van der Waals surface area contributed by atoms with E-state index in [1.165, 1.54) is 0 Å². The number of fused-ring (bicyclic) bond motifs is 1. The predicted octanol–water partition coefficient (Wildman–Crippen LogP) is 1.49. The van der Waals surface area contributed by atoms with Crippen LogP contribution in [0.3, 0.4) is 0 Å². The number of hydrogen-bond donors (Lipinski definition) is 1. The summed E-state index contributed by atoms with van der Waals surface area (Å²) in [5.41, 5.74) is 4.48. The van der Waals surface area contributed by atoms with E-state index in [1.807, 2.05) is 0 Å². The number of quaternary nitrogens is 1. The molecule has 0 unspecified atom stereocenters. The first-order valence-corrected chi connectivity index (χ1v) is 9.76. The van der Waals surface area contributed by atoms with Gasteiger partial charge in [-0.2, -0.15) is 0 Å². The van der Waals surface area contributed by atoms with Crippen LogP contribution in [0.1, 0.15) is 36.0 Å². The van der Waals surface area contributed by atoms with Crippen molar-refractivity contribution in [1.29, 1.82) is 0 Å². The van der Waals surface area contributed by atoms with Gasteiger partial charge in [0.25, 0.3) is 0 Å². The van der Waals surface area contributed by atoms with E-state index in [4.69, 9.17) is 23.7 Å². The van der Waals surface area contributed by atoms with Crippen molar-refractivity contribution < 1.29 is 34.2 Å². The standard InChI is InChI=1S/C20H31NO6/c21-7-3-1-2-4-18(22)17-5-6-19-20(16-17)27-15-13-25-11-9-23-8-10-24-12-14-26-19/h5-6,16H,1-4,7-15,21H2/p+1. The van der Waals surface area contributed by atoms with E-state index in [2.05, 4.69) is 5.73 Å². The first kappa shape index (κ1) is 21.6. The van der Waals surface area contributed by atoms with Crippen LogP contribution in [0, 0.1) is 0 Å². The zero-order chi connectivity index (χ0) is 19.2. The lowest BCUT2D eigenvalue weighted by atomic mass is 10.0. The van der Waals surface area contributed by atoms with Gasteiger partial charge in [-0.25, -0.2) is 0 Å². The largest absolute Gasteiger partial charge is 0.487 e. The van der Waals surface area contributed by atoms with E-state index in [0.29, 0.717) is 76.3 Å². The number of unbranched alkanes of at least 4 members (excludes halogenated alkanes) is 2. The number of Topliss-reactive ketones (excluding diaryl/α,β-unsaturated/α-hetero) is 1. The summed E-state index contributed by atoms with van der Waals surface area (Å²) in [6.45, 7) is 4.72. The Kier molecular flexibility index (Phi) is 10.8. The van der Waals surface area contributed by atoms with Crippen LogP contribution in [0.15, 0.2) is 18.2 Å². The van der Waals surface area contributed by atoms with Crippen molar-refractivity contribution in [2.45, 2.75) is 25.7 Å². The van der Waals surface area contributed by atoms with E-state index >= 15 is 0 Å². The van der Waals surface area contributed by atoms with Crippen LogP contribution >= 0.6 is 0 Å². The second kappa shape index (κ2) is 13.5. The van der Waals surface area contributed by atoms with Gasteiger partial charge in [-0.1, -0.05) is 0 Å². The number of rotatable bonds is 6. The fourth-order valence-corrected chi connectivity index (χ4v) is 2.66. The highest BCUT2D eigenvalue weighted by Gasteiger charge is 2.12. The third-order valence-corrected chi connectivity index (χ3v) is 4.13. The Morgan fingerprint density at radius 3 is 2.00 bits per heavy atom. The molecule has 1 aromatic carbocycles. The molecule has 0 saturated carbocycles. The number of carbonyl (C=O) groups excluding carboxylic acids is 1. The third-order valence-electron chi connectivity index (χ3n) is 4.13. The molecule has 0 aromatic heterocycles. The zero-order valence-electron chi connectivity index (χ0n) is 16.1. The van der Waals surface area contributed by atoms with Crippen LogP contribution in [0.4, 0.5) is 0 Å². The van der Waals surface area contributed by atoms with Crippen molar-refractivity contribution in [3.8, 4) is 11.5 Å². The van der Waals surface area contributed by atoms with Gasteiger partial charge >= 0.3 is 0 Å². The molecule has 7 heteroatoms. The van der Waals surface area contributed by atoms with Gasteiger partial charge in [0, 0.05) is 12.0 Å². The molecular weight excluding hydrogens is 350 g/mol. The van der Waals surface area contributed by atoms with E-state index in [-0.39, 0.29) is 5.78 Å². The van der Waals surface area contributed by atoms with Crippen molar-refractivity contribution >= 4 is 5.78 Å². The van der Waals surface area contributed by atoms with E-state index in [1.54, 1.807) is 18.2 Å². The van der Waals surface area contributed by atoms with Gasteiger partial charge in [-0.3, -0.25) is 4.79 Å². The Hall–Kier alpha value is -1.67. The average molecular weight is 382 g/mol. The minimum absolute atomic E-state index is 0.123. The highest BCUT2D eigenvalue weighted by Crippen LogP contribution is 2.29. The summed E-state index contributed by atoms with van der Waals surface area (Å²) in [4.78, 5) is 12.4. The molecule has 1 aliphatic heterocycles. The first-order chi connectivity index (χ1) is 13.3. The molecular formula is C20H32NO6+. The Labute approximate surface area is 161 Å². The summed E-state index contributed by atoms with van der Waals surface area (Å²) >= 11 is 0. The maximum absolute atomic E-state index is 12.4. The van der Waals surface area contributed by atoms with Crippen molar-refractivity contribution in [3.63, 3.8) is 0 Å². The van der Waals surface area contributed by atoms with Gasteiger partial charge in [-0.05, 0) is 37.5 Å². The first-order valence-electron chi connectivity index (χ1n) is 9.76. The molecule has 0 atom stereocenters. The molecule has 2 rings (SSSR count). The zero-order valence-corrected chi connectivity index (χ0v) is 16.1. The third kappa shape index (κ3) is 8.71. The summed E-state index contributed by atoms with van der Waals surface area (Å²) in [6, 6.07) is 5.35. The van der Waals surface area contributed by atoms with Gasteiger partial charge in [0.15, 0.2) is 17.3 Å². The van der Waals surface area contributed by atoms with Gasteiger partial charge in [-0.15, -0.1) is 0 Å². The molecule has 1 aromatic rings. The smallest absolute Gasteiger partial charge is 0.163 e.